The zero-order valence-electron chi connectivity index (χ0n) is 10.8. The standard InChI is InChI=1S/C12H20N4O2/c1-3-4-5-9(2)14-10-6-11(15-13)8-12(7-10)16(17)18/h6-9,14-15H,3-5,13H2,1-2H3. The van der Waals surface area contributed by atoms with Gasteiger partial charge in [-0.15, -0.1) is 0 Å². The molecule has 6 heteroatoms. The van der Waals surface area contributed by atoms with Gasteiger partial charge in [0.25, 0.3) is 5.69 Å². The number of benzene rings is 1. The lowest BCUT2D eigenvalue weighted by Gasteiger charge is -2.15. The molecule has 0 heterocycles. The van der Waals surface area contributed by atoms with Crippen molar-refractivity contribution in [2.45, 2.75) is 39.2 Å². The van der Waals surface area contributed by atoms with Crippen LogP contribution in [-0.2, 0) is 0 Å². The van der Waals surface area contributed by atoms with Gasteiger partial charge in [0.2, 0.25) is 0 Å². The second-order valence-corrected chi connectivity index (χ2v) is 4.36. The summed E-state index contributed by atoms with van der Waals surface area (Å²) >= 11 is 0. The van der Waals surface area contributed by atoms with E-state index >= 15 is 0 Å². The second-order valence-electron chi connectivity index (χ2n) is 4.36. The first-order valence-corrected chi connectivity index (χ1v) is 6.09. The quantitative estimate of drug-likeness (QED) is 0.394. The summed E-state index contributed by atoms with van der Waals surface area (Å²) in [6, 6.07) is 4.96. The molecule has 0 fully saturated rings. The highest BCUT2D eigenvalue weighted by Gasteiger charge is 2.10. The summed E-state index contributed by atoms with van der Waals surface area (Å²) in [6.45, 7) is 4.20. The molecular formula is C12H20N4O2. The first-order valence-electron chi connectivity index (χ1n) is 6.09. The van der Waals surface area contributed by atoms with Gasteiger partial charge in [0.15, 0.2) is 0 Å². The van der Waals surface area contributed by atoms with Crippen LogP contribution in [0, 0.1) is 10.1 Å². The van der Waals surface area contributed by atoms with Crippen LogP contribution in [0.4, 0.5) is 17.1 Å². The summed E-state index contributed by atoms with van der Waals surface area (Å²) in [5.41, 5.74) is 3.69. The highest BCUT2D eigenvalue weighted by molar-refractivity contribution is 5.63. The molecule has 6 nitrogen and oxygen atoms in total. The molecule has 1 unspecified atom stereocenters. The number of anilines is 2. The van der Waals surface area contributed by atoms with Crippen molar-refractivity contribution in [3.8, 4) is 0 Å². The number of nitrogens with one attached hydrogen (secondary N) is 2. The molecule has 0 saturated heterocycles. The molecule has 0 aliphatic heterocycles. The van der Waals surface area contributed by atoms with Crippen LogP contribution in [0.15, 0.2) is 18.2 Å². The number of nitrogens with two attached hydrogens (primary N) is 1. The van der Waals surface area contributed by atoms with Crippen LogP contribution in [0.25, 0.3) is 0 Å². The van der Waals surface area contributed by atoms with Crippen molar-refractivity contribution in [1.29, 1.82) is 0 Å². The average Bonchev–Trinajstić information content (AvgIpc) is 2.35. The molecule has 100 valence electrons. The molecule has 0 aliphatic rings. The largest absolute Gasteiger partial charge is 0.382 e. The van der Waals surface area contributed by atoms with E-state index in [-0.39, 0.29) is 11.7 Å². The lowest BCUT2D eigenvalue weighted by atomic mass is 10.1. The Morgan fingerprint density at radius 2 is 2.06 bits per heavy atom. The number of unbranched alkanes of at least 4 members (excludes halogenated alkanes) is 1. The lowest BCUT2D eigenvalue weighted by Crippen LogP contribution is -2.15. The van der Waals surface area contributed by atoms with Gasteiger partial charge in [0.1, 0.15) is 0 Å². The maximum Gasteiger partial charge on any atom is 0.273 e. The number of hydrogen-bond donors (Lipinski definition) is 3. The Bertz CT molecular complexity index is 409. The van der Waals surface area contributed by atoms with Crippen LogP contribution in [0.3, 0.4) is 0 Å². The number of non-ortho nitro benzene ring substituents is 1. The number of nitrogen functional groups attached to an aromatic ring is 1. The highest BCUT2D eigenvalue weighted by Crippen LogP contribution is 2.24. The predicted octanol–water partition coefficient (Wildman–Crippen LogP) is 2.87. The zero-order chi connectivity index (χ0) is 13.5. The molecule has 1 aromatic rings. The Labute approximate surface area is 107 Å². The van der Waals surface area contributed by atoms with Gasteiger partial charge >= 0.3 is 0 Å². The van der Waals surface area contributed by atoms with Crippen molar-refractivity contribution in [2.24, 2.45) is 5.84 Å². The minimum absolute atomic E-state index is 0.0237. The Hall–Kier alpha value is -1.82. The minimum atomic E-state index is -0.428. The average molecular weight is 252 g/mol. The van der Waals surface area contributed by atoms with Crippen molar-refractivity contribution >= 4 is 17.1 Å². The maximum atomic E-state index is 10.8. The SMILES string of the molecule is CCCCC(C)Nc1cc(NN)cc([N+](=O)[O-])c1. The number of rotatable bonds is 7. The van der Waals surface area contributed by atoms with Gasteiger partial charge in [-0.3, -0.25) is 16.0 Å². The van der Waals surface area contributed by atoms with E-state index in [2.05, 4.69) is 24.6 Å². The topological polar surface area (TPSA) is 93.2 Å². The van der Waals surface area contributed by atoms with Crippen LogP contribution in [0.1, 0.15) is 33.1 Å². The fourth-order valence-corrected chi connectivity index (χ4v) is 1.75. The van der Waals surface area contributed by atoms with Gasteiger partial charge in [-0.1, -0.05) is 19.8 Å². The summed E-state index contributed by atoms with van der Waals surface area (Å²) in [5, 5.41) is 14.0. The number of nitro groups is 1. The first kappa shape index (κ1) is 14.2. The molecule has 0 radical (unpaired) electrons. The summed E-state index contributed by atoms with van der Waals surface area (Å²) < 4.78 is 0. The van der Waals surface area contributed by atoms with Crippen molar-refractivity contribution in [3.05, 3.63) is 28.3 Å². The number of nitrogens with zero attached hydrogens (tertiary/aromatic N) is 1. The molecule has 1 atom stereocenters. The van der Waals surface area contributed by atoms with Gasteiger partial charge in [-0.25, -0.2) is 0 Å². The fraction of sp³-hybridized carbons (Fsp3) is 0.500. The van der Waals surface area contributed by atoms with E-state index < -0.39 is 4.92 Å². The van der Waals surface area contributed by atoms with E-state index in [1.807, 2.05) is 0 Å². The van der Waals surface area contributed by atoms with E-state index in [1.165, 1.54) is 12.1 Å². The van der Waals surface area contributed by atoms with Crippen LogP contribution in [0.5, 0.6) is 0 Å². The van der Waals surface area contributed by atoms with E-state index in [4.69, 9.17) is 5.84 Å². The van der Waals surface area contributed by atoms with Crippen LogP contribution in [0.2, 0.25) is 0 Å². The van der Waals surface area contributed by atoms with Crippen molar-refractivity contribution in [1.82, 2.24) is 0 Å². The first-order chi connectivity index (χ1) is 8.56. The second kappa shape index (κ2) is 6.80. The van der Waals surface area contributed by atoms with Crippen molar-refractivity contribution in [2.75, 3.05) is 10.7 Å². The maximum absolute atomic E-state index is 10.8. The summed E-state index contributed by atoms with van der Waals surface area (Å²) in [6.07, 6.45) is 3.30. The molecule has 0 saturated carbocycles. The minimum Gasteiger partial charge on any atom is -0.382 e. The third kappa shape index (κ3) is 4.21. The van der Waals surface area contributed by atoms with E-state index in [1.54, 1.807) is 6.07 Å². The van der Waals surface area contributed by atoms with Crippen molar-refractivity contribution in [3.63, 3.8) is 0 Å². The van der Waals surface area contributed by atoms with Gasteiger partial charge in [-0.05, 0) is 19.4 Å². The number of hydrazine groups is 1. The monoisotopic (exact) mass is 252 g/mol. The molecule has 1 rings (SSSR count). The van der Waals surface area contributed by atoms with Gasteiger partial charge in [0, 0.05) is 23.9 Å². The highest BCUT2D eigenvalue weighted by atomic mass is 16.6. The molecular weight excluding hydrogens is 232 g/mol. The summed E-state index contributed by atoms with van der Waals surface area (Å²) in [4.78, 5) is 10.4. The van der Waals surface area contributed by atoms with Gasteiger partial charge < -0.3 is 10.7 Å². The Morgan fingerprint density at radius 3 is 2.61 bits per heavy atom. The Morgan fingerprint density at radius 1 is 1.39 bits per heavy atom. The molecule has 0 aliphatic carbocycles. The Balaban J connectivity index is 2.81. The molecule has 0 bridgehead atoms. The predicted molar refractivity (Wildman–Crippen MR) is 73.5 cm³/mol. The molecule has 0 amide bonds. The third-order valence-corrected chi connectivity index (χ3v) is 2.70. The number of nitro benzene ring substituents is 1. The van der Waals surface area contributed by atoms with Crippen LogP contribution >= 0.6 is 0 Å². The fourth-order valence-electron chi connectivity index (χ4n) is 1.75. The van der Waals surface area contributed by atoms with Crippen molar-refractivity contribution < 1.29 is 4.92 Å². The molecule has 18 heavy (non-hydrogen) atoms. The van der Waals surface area contributed by atoms with Gasteiger partial charge in [0.05, 0.1) is 10.6 Å². The molecule has 0 spiro atoms. The van der Waals surface area contributed by atoms with Crippen LogP contribution < -0.4 is 16.6 Å². The van der Waals surface area contributed by atoms with Crippen LogP contribution in [-0.4, -0.2) is 11.0 Å². The molecule has 4 N–H and O–H groups in total. The number of hydrogen-bond acceptors (Lipinski definition) is 5. The molecule has 1 aromatic carbocycles. The Kier molecular flexibility index (Phi) is 5.38. The van der Waals surface area contributed by atoms with E-state index in [9.17, 15) is 10.1 Å². The van der Waals surface area contributed by atoms with E-state index in [0.29, 0.717) is 11.4 Å². The summed E-state index contributed by atoms with van der Waals surface area (Å²) in [7, 11) is 0. The molecule has 0 aromatic heterocycles. The normalized spacial score (nSPS) is 11.9. The van der Waals surface area contributed by atoms with Gasteiger partial charge in [-0.2, -0.15) is 0 Å². The lowest BCUT2D eigenvalue weighted by molar-refractivity contribution is -0.384. The smallest absolute Gasteiger partial charge is 0.273 e. The van der Waals surface area contributed by atoms with E-state index in [0.717, 1.165) is 19.3 Å². The summed E-state index contributed by atoms with van der Waals surface area (Å²) in [5.74, 6) is 5.30. The third-order valence-electron chi connectivity index (χ3n) is 2.70. The zero-order valence-corrected chi connectivity index (χ0v) is 10.8.